The Bertz CT molecular complexity index is 881. The highest BCUT2D eigenvalue weighted by molar-refractivity contribution is 7.89. The van der Waals surface area contributed by atoms with Gasteiger partial charge in [0.15, 0.2) is 0 Å². The van der Waals surface area contributed by atoms with E-state index in [2.05, 4.69) is 29.0 Å². The normalized spacial score (nSPS) is 11.6. The molecule has 0 bridgehead atoms. The summed E-state index contributed by atoms with van der Waals surface area (Å²) in [4.78, 5) is 0.305. The minimum absolute atomic E-state index is 0.151. The lowest BCUT2D eigenvalue weighted by Crippen LogP contribution is -2.26. The molecule has 3 nitrogen and oxygen atoms in total. The Kier molecular flexibility index (Phi) is 5.86. The quantitative estimate of drug-likeness (QED) is 0.670. The van der Waals surface area contributed by atoms with Crippen molar-refractivity contribution in [3.63, 3.8) is 0 Å². The molecular weight excluding hydrogens is 342 g/mol. The van der Waals surface area contributed by atoms with Crippen molar-refractivity contribution in [3.05, 3.63) is 102 Å². The summed E-state index contributed by atoms with van der Waals surface area (Å²) in [5, 5.41) is 0. The van der Waals surface area contributed by atoms with Crippen LogP contribution in [0.15, 0.2) is 89.8 Å². The van der Waals surface area contributed by atoms with Gasteiger partial charge in [0, 0.05) is 12.5 Å². The van der Waals surface area contributed by atoms with Gasteiger partial charge in [0.25, 0.3) is 0 Å². The molecule has 0 saturated carbocycles. The fourth-order valence-corrected chi connectivity index (χ4v) is 4.08. The number of hydrogen-bond acceptors (Lipinski definition) is 2. The van der Waals surface area contributed by atoms with Crippen LogP contribution in [0.4, 0.5) is 0 Å². The molecule has 3 aromatic carbocycles. The SMILES string of the molecule is Cc1ccc(S(=O)(=O)NCCC(c2ccccc2)c2ccccc2)cc1. The minimum atomic E-state index is -3.49. The molecule has 0 aliphatic rings. The van der Waals surface area contributed by atoms with Crippen molar-refractivity contribution in [1.29, 1.82) is 0 Å². The van der Waals surface area contributed by atoms with E-state index < -0.39 is 10.0 Å². The van der Waals surface area contributed by atoms with E-state index in [1.165, 1.54) is 11.1 Å². The Morgan fingerprint density at radius 1 is 0.769 bits per heavy atom. The molecule has 0 aliphatic heterocycles. The average molecular weight is 365 g/mol. The van der Waals surface area contributed by atoms with Crippen molar-refractivity contribution in [1.82, 2.24) is 4.72 Å². The molecule has 3 aromatic rings. The van der Waals surface area contributed by atoms with E-state index in [9.17, 15) is 8.42 Å². The largest absolute Gasteiger partial charge is 0.240 e. The highest BCUT2D eigenvalue weighted by atomic mass is 32.2. The van der Waals surface area contributed by atoms with Gasteiger partial charge in [-0.05, 0) is 36.6 Å². The van der Waals surface area contributed by atoms with Gasteiger partial charge in [-0.3, -0.25) is 0 Å². The van der Waals surface area contributed by atoms with E-state index >= 15 is 0 Å². The molecule has 4 heteroatoms. The maximum atomic E-state index is 12.5. The number of rotatable bonds is 7. The zero-order valence-corrected chi connectivity index (χ0v) is 15.6. The first-order chi connectivity index (χ1) is 12.6. The predicted molar refractivity (Wildman–Crippen MR) is 106 cm³/mol. The van der Waals surface area contributed by atoms with Crippen molar-refractivity contribution in [2.75, 3.05) is 6.54 Å². The Labute approximate surface area is 155 Å². The summed E-state index contributed by atoms with van der Waals surface area (Å²) in [7, 11) is -3.49. The molecule has 0 aliphatic carbocycles. The van der Waals surface area contributed by atoms with Gasteiger partial charge >= 0.3 is 0 Å². The Balaban J connectivity index is 1.73. The van der Waals surface area contributed by atoms with Crippen molar-refractivity contribution in [2.24, 2.45) is 0 Å². The van der Waals surface area contributed by atoms with E-state index in [0.717, 1.165) is 5.56 Å². The van der Waals surface area contributed by atoms with Crippen molar-refractivity contribution in [2.45, 2.75) is 24.2 Å². The number of hydrogen-bond donors (Lipinski definition) is 1. The van der Waals surface area contributed by atoms with Crippen LogP contribution in [0.1, 0.15) is 29.0 Å². The van der Waals surface area contributed by atoms with Crippen LogP contribution in [0.2, 0.25) is 0 Å². The van der Waals surface area contributed by atoms with Gasteiger partial charge in [-0.15, -0.1) is 0 Å². The molecule has 0 amide bonds. The molecule has 0 heterocycles. The monoisotopic (exact) mass is 365 g/mol. The molecule has 1 N–H and O–H groups in total. The lowest BCUT2D eigenvalue weighted by Gasteiger charge is -2.18. The molecular formula is C22H23NO2S. The summed E-state index contributed by atoms with van der Waals surface area (Å²) in [6.07, 6.45) is 0.694. The molecule has 0 saturated heterocycles. The maximum absolute atomic E-state index is 12.5. The van der Waals surface area contributed by atoms with Gasteiger partial charge in [0.05, 0.1) is 4.90 Å². The van der Waals surface area contributed by atoms with Crippen LogP contribution in [-0.4, -0.2) is 15.0 Å². The van der Waals surface area contributed by atoms with Gasteiger partial charge in [0.1, 0.15) is 0 Å². The van der Waals surface area contributed by atoms with Crippen LogP contribution in [0.3, 0.4) is 0 Å². The lowest BCUT2D eigenvalue weighted by molar-refractivity contribution is 0.575. The molecule has 0 fully saturated rings. The van der Waals surface area contributed by atoms with Crippen molar-refractivity contribution in [3.8, 4) is 0 Å². The summed E-state index contributed by atoms with van der Waals surface area (Å²) in [5.41, 5.74) is 3.42. The fourth-order valence-electron chi connectivity index (χ4n) is 3.03. The third kappa shape index (κ3) is 4.59. The Morgan fingerprint density at radius 2 is 1.27 bits per heavy atom. The summed E-state index contributed by atoms with van der Waals surface area (Å²) in [5.74, 6) is 0.151. The molecule has 0 radical (unpaired) electrons. The second-order valence-corrected chi connectivity index (χ2v) is 8.14. The maximum Gasteiger partial charge on any atom is 0.240 e. The number of nitrogens with one attached hydrogen (secondary N) is 1. The molecule has 134 valence electrons. The average Bonchev–Trinajstić information content (AvgIpc) is 2.67. The first kappa shape index (κ1) is 18.4. The second kappa shape index (κ2) is 8.30. The zero-order chi connectivity index (χ0) is 18.4. The third-order valence-electron chi connectivity index (χ3n) is 4.46. The molecule has 0 aromatic heterocycles. The first-order valence-electron chi connectivity index (χ1n) is 8.72. The summed E-state index contributed by atoms with van der Waals surface area (Å²) in [6, 6.07) is 27.3. The zero-order valence-electron chi connectivity index (χ0n) is 14.8. The number of sulfonamides is 1. The van der Waals surface area contributed by atoms with Gasteiger partial charge in [-0.25, -0.2) is 13.1 Å². The van der Waals surface area contributed by atoms with Gasteiger partial charge < -0.3 is 0 Å². The van der Waals surface area contributed by atoms with E-state index in [1.807, 2.05) is 55.5 Å². The second-order valence-electron chi connectivity index (χ2n) is 6.37. The standard InChI is InChI=1S/C22H23NO2S/c1-18-12-14-21(15-13-18)26(24,25)23-17-16-22(19-8-4-2-5-9-19)20-10-6-3-7-11-20/h2-15,22-23H,16-17H2,1H3. The first-order valence-corrected chi connectivity index (χ1v) is 10.2. The smallest absolute Gasteiger partial charge is 0.211 e. The summed E-state index contributed by atoms with van der Waals surface area (Å²) >= 11 is 0. The van der Waals surface area contributed by atoms with Crippen LogP contribution < -0.4 is 4.72 Å². The predicted octanol–water partition coefficient (Wildman–Crippen LogP) is 4.50. The van der Waals surface area contributed by atoms with E-state index in [1.54, 1.807) is 12.1 Å². The fraction of sp³-hybridized carbons (Fsp3) is 0.182. The molecule has 26 heavy (non-hydrogen) atoms. The summed E-state index contributed by atoms with van der Waals surface area (Å²) < 4.78 is 27.7. The van der Waals surface area contributed by atoms with E-state index in [4.69, 9.17) is 0 Å². The van der Waals surface area contributed by atoms with Crippen molar-refractivity contribution < 1.29 is 8.42 Å². The molecule has 3 rings (SSSR count). The van der Waals surface area contributed by atoms with Gasteiger partial charge in [-0.2, -0.15) is 0 Å². The summed E-state index contributed by atoms with van der Waals surface area (Å²) in [6.45, 7) is 2.32. The highest BCUT2D eigenvalue weighted by Gasteiger charge is 2.17. The van der Waals surface area contributed by atoms with Crippen LogP contribution in [0.25, 0.3) is 0 Å². The van der Waals surface area contributed by atoms with Crippen LogP contribution in [0, 0.1) is 6.92 Å². The van der Waals surface area contributed by atoms with Crippen LogP contribution in [0.5, 0.6) is 0 Å². The number of benzene rings is 3. The van der Waals surface area contributed by atoms with E-state index in [0.29, 0.717) is 17.9 Å². The minimum Gasteiger partial charge on any atom is -0.211 e. The van der Waals surface area contributed by atoms with Crippen LogP contribution >= 0.6 is 0 Å². The van der Waals surface area contributed by atoms with E-state index in [-0.39, 0.29) is 5.92 Å². The molecule has 0 atom stereocenters. The Morgan fingerprint density at radius 3 is 1.77 bits per heavy atom. The van der Waals surface area contributed by atoms with Gasteiger partial charge in [-0.1, -0.05) is 78.4 Å². The number of aryl methyl sites for hydroxylation is 1. The Hall–Kier alpha value is -2.43. The highest BCUT2D eigenvalue weighted by Crippen LogP contribution is 2.27. The molecule has 0 spiro atoms. The van der Waals surface area contributed by atoms with Crippen molar-refractivity contribution >= 4 is 10.0 Å². The third-order valence-corrected chi connectivity index (χ3v) is 5.94. The van der Waals surface area contributed by atoms with Gasteiger partial charge in [0.2, 0.25) is 10.0 Å². The topological polar surface area (TPSA) is 46.2 Å². The lowest BCUT2D eigenvalue weighted by atomic mass is 9.89. The van der Waals surface area contributed by atoms with Crippen LogP contribution in [-0.2, 0) is 10.0 Å². The molecule has 0 unspecified atom stereocenters.